The summed E-state index contributed by atoms with van der Waals surface area (Å²) in [5.41, 5.74) is 1.67. The number of nitrogens with zero attached hydrogens (tertiary/aromatic N) is 1. The van der Waals surface area contributed by atoms with E-state index in [1.807, 2.05) is 19.1 Å². The molecule has 1 rings (SSSR count). The lowest BCUT2D eigenvalue weighted by Gasteiger charge is -2.06. The molecule has 0 saturated carbocycles. The zero-order valence-corrected chi connectivity index (χ0v) is 11.9. The Labute approximate surface area is 113 Å². The number of pyridine rings is 1. The fourth-order valence-electron chi connectivity index (χ4n) is 1.38. The number of rotatable bonds is 7. The van der Waals surface area contributed by atoms with Crippen molar-refractivity contribution in [3.8, 4) is 0 Å². The summed E-state index contributed by atoms with van der Waals surface area (Å²) in [4.78, 5) is 14.9. The second kappa shape index (κ2) is 7.20. The third-order valence-electron chi connectivity index (χ3n) is 2.49. The third-order valence-corrected chi connectivity index (χ3v) is 3.90. The van der Waals surface area contributed by atoms with Crippen molar-refractivity contribution in [2.24, 2.45) is 0 Å². The Morgan fingerprint density at radius 3 is 2.74 bits per heavy atom. The molecular weight excluding hydrogens is 268 g/mol. The molecule has 1 heterocycles. The van der Waals surface area contributed by atoms with Crippen molar-refractivity contribution in [3.05, 3.63) is 29.6 Å². The second-order valence-electron chi connectivity index (χ2n) is 4.13. The Hall–Kier alpha value is -1.47. The minimum Gasteiger partial charge on any atom is -0.469 e. The maximum Gasteiger partial charge on any atom is 0.305 e. The molecule has 0 spiro atoms. The van der Waals surface area contributed by atoms with Crippen molar-refractivity contribution in [2.75, 3.05) is 12.9 Å². The first kappa shape index (κ1) is 15.6. The topological polar surface area (TPSA) is 85.4 Å². The van der Waals surface area contributed by atoms with Crippen molar-refractivity contribution in [1.29, 1.82) is 0 Å². The smallest absolute Gasteiger partial charge is 0.305 e. The van der Waals surface area contributed by atoms with Gasteiger partial charge in [-0.25, -0.2) is 13.1 Å². The summed E-state index contributed by atoms with van der Waals surface area (Å²) in [7, 11) is -2.10. The van der Waals surface area contributed by atoms with E-state index < -0.39 is 16.0 Å². The molecule has 0 unspecified atom stereocenters. The zero-order valence-electron chi connectivity index (χ0n) is 11.0. The summed E-state index contributed by atoms with van der Waals surface area (Å²) in [6, 6.07) is 3.64. The van der Waals surface area contributed by atoms with Gasteiger partial charge in [-0.3, -0.25) is 9.78 Å². The molecule has 1 N–H and O–H groups in total. The molecule has 0 aliphatic carbocycles. The SMILES string of the molecule is COC(=O)CCCS(=O)(=O)NCc1ccc(C)nc1. The van der Waals surface area contributed by atoms with Crippen LogP contribution in [-0.4, -0.2) is 32.2 Å². The van der Waals surface area contributed by atoms with Gasteiger partial charge in [0.25, 0.3) is 0 Å². The molecule has 0 bridgehead atoms. The molecule has 106 valence electrons. The first-order valence-electron chi connectivity index (χ1n) is 5.88. The van der Waals surface area contributed by atoms with E-state index in [0.29, 0.717) is 0 Å². The van der Waals surface area contributed by atoms with Crippen LogP contribution < -0.4 is 4.72 Å². The molecule has 0 aromatic carbocycles. The number of carbonyl (C=O) groups is 1. The van der Waals surface area contributed by atoms with Gasteiger partial charge in [-0.05, 0) is 25.0 Å². The predicted molar refractivity (Wildman–Crippen MR) is 70.9 cm³/mol. The van der Waals surface area contributed by atoms with Gasteiger partial charge in [0, 0.05) is 24.9 Å². The van der Waals surface area contributed by atoms with Gasteiger partial charge in [0.05, 0.1) is 12.9 Å². The maximum atomic E-state index is 11.7. The minimum absolute atomic E-state index is 0.0958. The first-order chi connectivity index (χ1) is 8.93. The molecule has 7 heteroatoms. The average Bonchev–Trinajstić information content (AvgIpc) is 2.38. The number of hydrogen-bond acceptors (Lipinski definition) is 5. The Kier molecular flexibility index (Phi) is 5.91. The molecule has 0 aliphatic rings. The normalized spacial score (nSPS) is 11.3. The van der Waals surface area contributed by atoms with Crippen LogP contribution in [0.3, 0.4) is 0 Å². The highest BCUT2D eigenvalue weighted by Gasteiger charge is 2.11. The summed E-state index contributed by atoms with van der Waals surface area (Å²) in [5, 5.41) is 0. The van der Waals surface area contributed by atoms with Crippen LogP contribution in [0.5, 0.6) is 0 Å². The van der Waals surface area contributed by atoms with E-state index in [2.05, 4.69) is 14.4 Å². The molecule has 1 aromatic heterocycles. The van der Waals surface area contributed by atoms with Gasteiger partial charge in [0.2, 0.25) is 10.0 Å². The Morgan fingerprint density at radius 2 is 2.16 bits per heavy atom. The molecule has 0 saturated heterocycles. The minimum atomic E-state index is -3.38. The number of hydrogen-bond donors (Lipinski definition) is 1. The number of nitrogens with one attached hydrogen (secondary N) is 1. The highest BCUT2D eigenvalue weighted by molar-refractivity contribution is 7.89. The van der Waals surface area contributed by atoms with Crippen LogP contribution in [0.1, 0.15) is 24.1 Å². The van der Waals surface area contributed by atoms with Gasteiger partial charge in [-0.2, -0.15) is 0 Å². The van der Waals surface area contributed by atoms with Crippen LogP contribution in [-0.2, 0) is 26.1 Å². The molecule has 0 fully saturated rings. The van der Waals surface area contributed by atoms with E-state index in [1.165, 1.54) is 7.11 Å². The number of aryl methyl sites for hydroxylation is 1. The van der Waals surface area contributed by atoms with Crippen LogP contribution in [0.15, 0.2) is 18.3 Å². The third kappa shape index (κ3) is 6.30. The van der Waals surface area contributed by atoms with Crippen LogP contribution in [0.25, 0.3) is 0 Å². The van der Waals surface area contributed by atoms with Crippen LogP contribution in [0, 0.1) is 6.92 Å². The molecule has 0 radical (unpaired) electrons. The van der Waals surface area contributed by atoms with Crippen molar-refractivity contribution >= 4 is 16.0 Å². The average molecular weight is 286 g/mol. The lowest BCUT2D eigenvalue weighted by molar-refractivity contribution is -0.140. The summed E-state index contributed by atoms with van der Waals surface area (Å²) in [5.74, 6) is -0.501. The quantitative estimate of drug-likeness (QED) is 0.748. The molecule has 0 atom stereocenters. The number of sulfonamides is 1. The molecule has 1 aromatic rings. The van der Waals surface area contributed by atoms with Gasteiger partial charge in [0.15, 0.2) is 0 Å². The number of aromatic nitrogens is 1. The van der Waals surface area contributed by atoms with Gasteiger partial charge in [-0.1, -0.05) is 6.07 Å². The Bertz CT molecular complexity index is 511. The monoisotopic (exact) mass is 286 g/mol. The zero-order chi connectivity index (χ0) is 14.3. The van der Waals surface area contributed by atoms with Crippen molar-refractivity contribution in [2.45, 2.75) is 26.3 Å². The summed E-state index contributed by atoms with van der Waals surface area (Å²) >= 11 is 0. The van der Waals surface area contributed by atoms with Crippen molar-refractivity contribution in [1.82, 2.24) is 9.71 Å². The molecule has 19 heavy (non-hydrogen) atoms. The lowest BCUT2D eigenvalue weighted by Crippen LogP contribution is -2.26. The van der Waals surface area contributed by atoms with Gasteiger partial charge < -0.3 is 4.74 Å². The largest absolute Gasteiger partial charge is 0.469 e. The van der Waals surface area contributed by atoms with E-state index in [-0.39, 0.29) is 25.1 Å². The summed E-state index contributed by atoms with van der Waals surface area (Å²) in [6.45, 7) is 2.06. The molecule has 0 amide bonds. The van der Waals surface area contributed by atoms with E-state index in [0.717, 1.165) is 11.3 Å². The molecule has 6 nitrogen and oxygen atoms in total. The number of ether oxygens (including phenoxy) is 1. The predicted octanol–water partition coefficient (Wildman–Crippen LogP) is 0.763. The van der Waals surface area contributed by atoms with Crippen molar-refractivity contribution in [3.63, 3.8) is 0 Å². The van der Waals surface area contributed by atoms with E-state index in [4.69, 9.17) is 0 Å². The van der Waals surface area contributed by atoms with Gasteiger partial charge in [0.1, 0.15) is 0 Å². The number of carbonyl (C=O) groups excluding carboxylic acids is 1. The van der Waals surface area contributed by atoms with Gasteiger partial charge >= 0.3 is 5.97 Å². The number of esters is 1. The first-order valence-corrected chi connectivity index (χ1v) is 7.54. The maximum absolute atomic E-state index is 11.7. The standard InChI is InChI=1S/C12H18N2O4S/c1-10-5-6-11(8-13-10)9-14-19(16,17)7-3-4-12(15)18-2/h5-6,8,14H,3-4,7,9H2,1-2H3. The fourth-order valence-corrected chi connectivity index (χ4v) is 2.43. The fraction of sp³-hybridized carbons (Fsp3) is 0.500. The van der Waals surface area contributed by atoms with Crippen LogP contribution >= 0.6 is 0 Å². The lowest BCUT2D eigenvalue weighted by atomic mass is 10.2. The Morgan fingerprint density at radius 1 is 1.42 bits per heavy atom. The van der Waals surface area contributed by atoms with Crippen LogP contribution in [0.4, 0.5) is 0 Å². The highest BCUT2D eigenvalue weighted by atomic mass is 32.2. The second-order valence-corrected chi connectivity index (χ2v) is 6.05. The van der Waals surface area contributed by atoms with Crippen LogP contribution in [0.2, 0.25) is 0 Å². The molecule has 0 aliphatic heterocycles. The molecular formula is C12H18N2O4S. The summed E-state index contributed by atoms with van der Waals surface area (Å²) in [6.07, 6.45) is 1.98. The summed E-state index contributed by atoms with van der Waals surface area (Å²) < 4.78 is 30.2. The van der Waals surface area contributed by atoms with Crippen molar-refractivity contribution < 1.29 is 17.9 Å². The highest BCUT2D eigenvalue weighted by Crippen LogP contribution is 2.01. The van der Waals surface area contributed by atoms with E-state index in [1.54, 1.807) is 6.20 Å². The van der Waals surface area contributed by atoms with E-state index in [9.17, 15) is 13.2 Å². The Balaban J connectivity index is 2.38. The van der Waals surface area contributed by atoms with E-state index >= 15 is 0 Å². The van der Waals surface area contributed by atoms with Gasteiger partial charge in [-0.15, -0.1) is 0 Å². The number of methoxy groups -OCH3 is 1.